The normalized spacial score (nSPS) is 9.79. The van der Waals surface area contributed by atoms with Crippen LogP contribution in [-0.4, -0.2) is 11.1 Å². The zero-order valence-corrected chi connectivity index (χ0v) is 7.92. The third kappa shape index (κ3) is 3.39. The highest BCUT2D eigenvalue weighted by atomic mass is 32.1. The van der Waals surface area contributed by atoms with Crippen molar-refractivity contribution in [2.75, 3.05) is 0 Å². The molecule has 1 aromatic carbocycles. The molecule has 4 heteroatoms. The Morgan fingerprint density at radius 2 is 2.07 bits per heavy atom. The van der Waals surface area contributed by atoms with Crippen molar-refractivity contribution >= 4 is 29.4 Å². The zero-order chi connectivity index (χ0) is 10.4. The average molecular weight is 207 g/mol. The Balaban J connectivity index is 2.73. The topological polar surface area (TPSA) is 29.4 Å². The molecule has 14 heavy (non-hydrogen) atoms. The van der Waals surface area contributed by atoms with Gasteiger partial charge >= 0.3 is 0 Å². The number of amides is 1. The molecule has 0 N–H and O–H groups in total. The van der Waals surface area contributed by atoms with Crippen LogP contribution in [0.1, 0.15) is 5.56 Å². The molecular weight excluding hydrogens is 201 g/mol. The number of carbonyl (C=O) groups excluding carboxylic acids is 1. The summed E-state index contributed by atoms with van der Waals surface area (Å²) in [6.07, 6.45) is 2.77. The van der Waals surface area contributed by atoms with Gasteiger partial charge in [0, 0.05) is 6.08 Å². The van der Waals surface area contributed by atoms with Gasteiger partial charge in [-0.1, -0.05) is 12.1 Å². The van der Waals surface area contributed by atoms with Gasteiger partial charge in [-0.05, 0) is 36.0 Å². The van der Waals surface area contributed by atoms with Gasteiger partial charge in [-0.15, -0.1) is 0 Å². The van der Waals surface area contributed by atoms with Gasteiger partial charge in [-0.3, -0.25) is 4.79 Å². The van der Waals surface area contributed by atoms with Gasteiger partial charge in [-0.2, -0.15) is 4.99 Å². The van der Waals surface area contributed by atoms with E-state index in [1.165, 1.54) is 24.3 Å². The Morgan fingerprint density at radius 1 is 1.43 bits per heavy atom. The molecule has 0 saturated heterocycles. The van der Waals surface area contributed by atoms with Gasteiger partial charge in [-0.25, -0.2) is 4.39 Å². The number of halogens is 1. The maximum Gasteiger partial charge on any atom is 0.278 e. The van der Waals surface area contributed by atoms with Crippen molar-refractivity contribution in [3.05, 3.63) is 41.7 Å². The van der Waals surface area contributed by atoms with Crippen LogP contribution in [0.25, 0.3) is 6.08 Å². The predicted octanol–water partition coefficient (Wildman–Crippen LogP) is 2.47. The quantitative estimate of drug-likeness (QED) is 0.423. The fourth-order valence-corrected chi connectivity index (χ4v) is 0.914. The fraction of sp³-hybridized carbons (Fsp3) is 0. The van der Waals surface area contributed by atoms with Gasteiger partial charge in [0.1, 0.15) is 5.82 Å². The first-order valence-electron chi connectivity index (χ1n) is 3.78. The molecule has 0 aliphatic rings. The number of thiocarbonyl (C=S) groups is 1. The second-order valence-corrected chi connectivity index (χ2v) is 2.61. The molecule has 0 aliphatic heterocycles. The third-order valence-corrected chi connectivity index (χ3v) is 1.54. The van der Waals surface area contributed by atoms with Crippen LogP contribution in [0.15, 0.2) is 35.3 Å². The maximum atomic E-state index is 12.5. The predicted molar refractivity (Wildman–Crippen MR) is 55.5 cm³/mol. The van der Waals surface area contributed by atoms with Crippen molar-refractivity contribution in [2.24, 2.45) is 4.99 Å². The van der Waals surface area contributed by atoms with Crippen LogP contribution in [-0.2, 0) is 4.79 Å². The summed E-state index contributed by atoms with van der Waals surface area (Å²) in [5.74, 6) is -0.797. The number of aliphatic imine (C=N–C) groups is 1. The minimum atomic E-state index is -0.482. The van der Waals surface area contributed by atoms with E-state index in [2.05, 4.69) is 17.2 Å². The number of rotatable bonds is 2. The number of isothiocyanates is 1. The molecule has 0 saturated carbocycles. The molecular formula is C10H6FNOS. The van der Waals surface area contributed by atoms with Crippen molar-refractivity contribution < 1.29 is 9.18 Å². The van der Waals surface area contributed by atoms with E-state index in [-0.39, 0.29) is 5.82 Å². The van der Waals surface area contributed by atoms with Crippen LogP contribution in [0.5, 0.6) is 0 Å². The largest absolute Gasteiger partial charge is 0.278 e. The number of carbonyl (C=O) groups is 1. The Hall–Kier alpha value is -1.64. The summed E-state index contributed by atoms with van der Waals surface area (Å²) in [7, 11) is 0. The van der Waals surface area contributed by atoms with Gasteiger partial charge in [0.15, 0.2) is 0 Å². The lowest BCUT2D eigenvalue weighted by atomic mass is 10.2. The lowest BCUT2D eigenvalue weighted by Gasteiger charge is -1.90. The minimum absolute atomic E-state index is 0.314. The number of hydrogen-bond acceptors (Lipinski definition) is 2. The van der Waals surface area contributed by atoms with E-state index in [1.54, 1.807) is 12.1 Å². The van der Waals surface area contributed by atoms with Gasteiger partial charge < -0.3 is 0 Å². The summed E-state index contributed by atoms with van der Waals surface area (Å²) in [6.45, 7) is 0. The standard InChI is InChI=1S/C10H6FNOS/c11-9-4-1-8(2-5-9)3-6-10(13)12-7-14/h1-6H/b6-3+. The highest BCUT2D eigenvalue weighted by molar-refractivity contribution is 7.78. The first-order valence-corrected chi connectivity index (χ1v) is 4.18. The summed E-state index contributed by atoms with van der Waals surface area (Å²) < 4.78 is 12.5. The van der Waals surface area contributed by atoms with E-state index in [0.717, 1.165) is 5.56 Å². The molecule has 1 amide bonds. The number of nitrogens with zero attached hydrogens (tertiary/aromatic N) is 1. The van der Waals surface area contributed by atoms with E-state index >= 15 is 0 Å². The van der Waals surface area contributed by atoms with Crippen molar-refractivity contribution in [2.45, 2.75) is 0 Å². The summed E-state index contributed by atoms with van der Waals surface area (Å²) >= 11 is 4.26. The Kier molecular flexibility index (Phi) is 3.85. The molecule has 0 heterocycles. The summed E-state index contributed by atoms with van der Waals surface area (Å²) in [5.41, 5.74) is 0.722. The summed E-state index contributed by atoms with van der Waals surface area (Å²) in [5, 5.41) is 1.96. The van der Waals surface area contributed by atoms with Crippen LogP contribution >= 0.6 is 12.2 Å². The number of benzene rings is 1. The van der Waals surface area contributed by atoms with Crippen LogP contribution in [0, 0.1) is 5.82 Å². The molecule has 0 unspecified atom stereocenters. The molecule has 0 aliphatic carbocycles. The van der Waals surface area contributed by atoms with E-state index in [4.69, 9.17) is 0 Å². The van der Waals surface area contributed by atoms with Crippen molar-refractivity contribution in [3.8, 4) is 0 Å². The van der Waals surface area contributed by atoms with Gasteiger partial charge in [0.25, 0.3) is 5.91 Å². The van der Waals surface area contributed by atoms with Crippen LogP contribution in [0.3, 0.4) is 0 Å². The fourth-order valence-electron chi connectivity index (χ4n) is 0.824. The molecule has 0 atom stereocenters. The monoisotopic (exact) mass is 207 g/mol. The SMILES string of the molecule is O=C(/C=C/c1ccc(F)cc1)N=C=S. The first-order chi connectivity index (χ1) is 6.72. The molecule has 0 fully saturated rings. The summed E-state index contributed by atoms with van der Waals surface area (Å²) in [4.78, 5) is 14.0. The highest BCUT2D eigenvalue weighted by Gasteiger charge is 1.91. The lowest BCUT2D eigenvalue weighted by molar-refractivity contribution is -0.113. The minimum Gasteiger partial charge on any atom is -0.267 e. The van der Waals surface area contributed by atoms with Crippen molar-refractivity contribution in [1.29, 1.82) is 0 Å². The number of hydrogen-bond donors (Lipinski definition) is 0. The van der Waals surface area contributed by atoms with Crippen LogP contribution in [0.4, 0.5) is 4.39 Å². The third-order valence-electron chi connectivity index (χ3n) is 1.44. The van der Waals surface area contributed by atoms with E-state index in [1.807, 2.05) is 5.16 Å². The Labute approximate surface area is 85.8 Å². The molecule has 0 radical (unpaired) electrons. The van der Waals surface area contributed by atoms with Crippen LogP contribution < -0.4 is 0 Å². The molecule has 70 valence electrons. The first kappa shape index (κ1) is 10.4. The highest BCUT2D eigenvalue weighted by Crippen LogP contribution is 2.04. The smallest absolute Gasteiger partial charge is 0.267 e. The molecule has 1 aromatic rings. The molecule has 0 spiro atoms. The van der Waals surface area contributed by atoms with Crippen molar-refractivity contribution in [1.82, 2.24) is 0 Å². The van der Waals surface area contributed by atoms with E-state index in [0.29, 0.717) is 0 Å². The van der Waals surface area contributed by atoms with Crippen LogP contribution in [0.2, 0.25) is 0 Å². The second-order valence-electron chi connectivity index (χ2n) is 2.43. The van der Waals surface area contributed by atoms with Crippen molar-refractivity contribution in [3.63, 3.8) is 0 Å². The van der Waals surface area contributed by atoms with Gasteiger partial charge in [0.2, 0.25) is 0 Å². The second kappa shape index (κ2) is 5.17. The molecule has 1 rings (SSSR count). The van der Waals surface area contributed by atoms with E-state index < -0.39 is 5.91 Å². The summed E-state index contributed by atoms with van der Waals surface area (Å²) in [6, 6.07) is 5.74. The molecule has 0 bridgehead atoms. The van der Waals surface area contributed by atoms with E-state index in [9.17, 15) is 9.18 Å². The molecule has 2 nitrogen and oxygen atoms in total. The molecule has 0 aromatic heterocycles. The average Bonchev–Trinajstić information content (AvgIpc) is 2.17. The maximum absolute atomic E-state index is 12.5. The lowest BCUT2D eigenvalue weighted by Crippen LogP contribution is -1.83. The Bertz CT molecular complexity index is 405. The Morgan fingerprint density at radius 3 is 2.64 bits per heavy atom. The van der Waals surface area contributed by atoms with Gasteiger partial charge in [0.05, 0.1) is 5.16 Å². The zero-order valence-electron chi connectivity index (χ0n) is 7.11.